The summed E-state index contributed by atoms with van der Waals surface area (Å²) in [6.07, 6.45) is 0. The summed E-state index contributed by atoms with van der Waals surface area (Å²) in [6.45, 7) is 1.68. The van der Waals surface area contributed by atoms with Crippen LogP contribution in [0.5, 0.6) is 0 Å². The molecule has 2 aromatic rings. The van der Waals surface area contributed by atoms with Crippen molar-refractivity contribution in [3.05, 3.63) is 61.8 Å². The molecule has 0 saturated carbocycles. The van der Waals surface area contributed by atoms with Gasteiger partial charge < -0.3 is 15.8 Å². The minimum atomic E-state index is -0.960. The van der Waals surface area contributed by atoms with Crippen LogP contribution >= 0.6 is 0 Å². The largest absolute Gasteiger partial charge is 0.455 e. The highest BCUT2D eigenvalue weighted by Gasteiger charge is 2.33. The summed E-state index contributed by atoms with van der Waals surface area (Å²) in [6, 6.07) is 7.12. The highest BCUT2D eigenvalue weighted by atomic mass is 16.5. The average molecular weight is 370 g/mol. The third-order valence-electron chi connectivity index (χ3n) is 4.41. The van der Waals surface area contributed by atoms with Gasteiger partial charge in [0.2, 0.25) is 0 Å². The van der Waals surface area contributed by atoms with E-state index < -0.39 is 23.0 Å². The molecule has 1 aliphatic rings. The Kier molecular flexibility index (Phi) is 4.44. The fourth-order valence-electron chi connectivity index (χ4n) is 2.72. The van der Waals surface area contributed by atoms with Gasteiger partial charge in [0.15, 0.2) is 0 Å². The predicted octanol–water partition coefficient (Wildman–Crippen LogP) is -0.0763. The van der Waals surface area contributed by atoms with Crippen LogP contribution < -0.4 is 22.3 Å². The van der Waals surface area contributed by atoms with Crippen molar-refractivity contribution in [3.8, 4) is 0 Å². The Morgan fingerprint density at radius 3 is 2.26 bits per heavy atom. The number of nitrogens with zero attached hydrogens (tertiary/aromatic N) is 2. The summed E-state index contributed by atoms with van der Waals surface area (Å²) in [4.78, 5) is 48.3. The molecule has 9 nitrogen and oxygen atoms in total. The molecule has 140 valence electrons. The van der Waals surface area contributed by atoms with Crippen LogP contribution in [0.15, 0.2) is 39.4 Å². The first-order chi connectivity index (χ1) is 12.7. The Bertz CT molecular complexity index is 1110. The van der Waals surface area contributed by atoms with Crippen LogP contribution in [0.25, 0.3) is 5.70 Å². The van der Waals surface area contributed by atoms with E-state index in [0.29, 0.717) is 5.56 Å². The Balaban J connectivity index is 2.23. The second kappa shape index (κ2) is 6.60. The molecule has 1 aromatic heterocycles. The summed E-state index contributed by atoms with van der Waals surface area (Å²) in [5.74, 6) is -1.85. The number of nitrogens with one attached hydrogen (secondary N) is 1. The number of anilines is 2. The number of ether oxygens (including phenoxy) is 1. The monoisotopic (exact) mass is 370 g/mol. The van der Waals surface area contributed by atoms with Gasteiger partial charge in [0.25, 0.3) is 11.3 Å². The molecule has 2 heterocycles. The van der Waals surface area contributed by atoms with Gasteiger partial charge in [-0.25, -0.2) is 9.59 Å². The first-order valence-electron chi connectivity index (χ1n) is 8.06. The van der Waals surface area contributed by atoms with Gasteiger partial charge in [0, 0.05) is 14.1 Å². The number of aryl methyl sites for hydroxylation is 1. The lowest BCUT2D eigenvalue weighted by Crippen LogP contribution is -2.39. The maximum Gasteiger partial charge on any atom is 0.379 e. The number of nitrogen functional groups attached to an aromatic ring is 1. The van der Waals surface area contributed by atoms with Gasteiger partial charge in [0.05, 0.1) is 11.3 Å². The average Bonchev–Trinajstić information content (AvgIpc) is 2.98. The third kappa shape index (κ3) is 3.03. The quantitative estimate of drug-likeness (QED) is 0.440. The van der Waals surface area contributed by atoms with E-state index >= 15 is 0 Å². The van der Waals surface area contributed by atoms with Crippen molar-refractivity contribution in [1.82, 2.24) is 9.13 Å². The molecule has 0 bridgehead atoms. The van der Waals surface area contributed by atoms with Crippen LogP contribution in [0.1, 0.15) is 11.1 Å². The minimum Gasteiger partial charge on any atom is -0.455 e. The Morgan fingerprint density at radius 2 is 1.70 bits per heavy atom. The molecule has 3 rings (SSSR count). The van der Waals surface area contributed by atoms with E-state index in [0.717, 1.165) is 14.7 Å². The molecular formula is C18H18N4O5. The molecule has 0 atom stereocenters. The molecule has 0 spiro atoms. The molecule has 1 saturated heterocycles. The molecule has 27 heavy (non-hydrogen) atoms. The van der Waals surface area contributed by atoms with Crippen LogP contribution in [0.3, 0.4) is 0 Å². The van der Waals surface area contributed by atoms with Crippen molar-refractivity contribution in [2.45, 2.75) is 6.92 Å². The van der Waals surface area contributed by atoms with E-state index in [1.807, 2.05) is 19.1 Å². The van der Waals surface area contributed by atoms with Crippen molar-refractivity contribution in [3.63, 3.8) is 0 Å². The van der Waals surface area contributed by atoms with E-state index in [-0.39, 0.29) is 29.4 Å². The van der Waals surface area contributed by atoms with E-state index in [1.165, 1.54) is 14.1 Å². The van der Waals surface area contributed by atoms with Crippen molar-refractivity contribution in [1.29, 1.82) is 0 Å². The summed E-state index contributed by atoms with van der Waals surface area (Å²) >= 11 is 0. The lowest BCUT2D eigenvalue weighted by molar-refractivity contribution is -0.146. The molecule has 1 aliphatic heterocycles. The molecule has 0 aliphatic carbocycles. The fraction of sp³-hybridized carbons (Fsp3) is 0.222. The summed E-state index contributed by atoms with van der Waals surface area (Å²) in [7, 11) is 2.75. The zero-order valence-corrected chi connectivity index (χ0v) is 15.0. The van der Waals surface area contributed by atoms with Crippen molar-refractivity contribution in [2.24, 2.45) is 14.1 Å². The molecule has 1 fully saturated rings. The molecular weight excluding hydrogens is 352 g/mol. The minimum absolute atomic E-state index is 0.0742. The SMILES string of the molecule is Cc1ccc(/C(Nc2c(N)n(C)c(=O)n(C)c2=O)=C2\COC(=O)C2=O)cc1. The maximum absolute atomic E-state index is 12.5. The van der Waals surface area contributed by atoms with Gasteiger partial charge in [-0.05, 0) is 12.5 Å². The van der Waals surface area contributed by atoms with E-state index in [1.54, 1.807) is 12.1 Å². The van der Waals surface area contributed by atoms with Gasteiger partial charge in [-0.15, -0.1) is 0 Å². The summed E-state index contributed by atoms with van der Waals surface area (Å²) in [5.41, 5.74) is 6.51. The first-order valence-corrected chi connectivity index (χ1v) is 8.06. The zero-order chi connectivity index (χ0) is 19.9. The van der Waals surface area contributed by atoms with Crippen LogP contribution in [0.2, 0.25) is 0 Å². The predicted molar refractivity (Wildman–Crippen MR) is 99.0 cm³/mol. The lowest BCUT2D eigenvalue weighted by Gasteiger charge is -2.17. The molecule has 0 radical (unpaired) electrons. The highest BCUT2D eigenvalue weighted by Crippen LogP contribution is 2.26. The van der Waals surface area contributed by atoms with Gasteiger partial charge in [-0.3, -0.25) is 18.7 Å². The maximum atomic E-state index is 12.5. The Labute approximate surface area is 153 Å². The number of cyclic esters (lactones) is 1. The molecule has 0 amide bonds. The normalized spacial score (nSPS) is 15.7. The lowest BCUT2D eigenvalue weighted by atomic mass is 10.0. The first kappa shape index (κ1) is 18.2. The summed E-state index contributed by atoms with van der Waals surface area (Å²) < 4.78 is 6.82. The zero-order valence-electron chi connectivity index (χ0n) is 15.0. The number of rotatable bonds is 3. The molecule has 0 unspecified atom stereocenters. The van der Waals surface area contributed by atoms with Crippen molar-refractivity contribution in [2.75, 3.05) is 17.7 Å². The van der Waals surface area contributed by atoms with Gasteiger partial charge in [-0.2, -0.15) is 0 Å². The number of hydrogen-bond donors (Lipinski definition) is 2. The number of hydrogen-bond acceptors (Lipinski definition) is 7. The number of esters is 1. The number of nitrogens with two attached hydrogens (primary N) is 1. The third-order valence-corrected chi connectivity index (χ3v) is 4.41. The Hall–Kier alpha value is -3.62. The van der Waals surface area contributed by atoms with Gasteiger partial charge in [-0.1, -0.05) is 29.8 Å². The van der Waals surface area contributed by atoms with Crippen LogP contribution in [-0.2, 0) is 28.4 Å². The number of carbonyl (C=O) groups is 2. The smallest absolute Gasteiger partial charge is 0.379 e. The van der Waals surface area contributed by atoms with Crippen molar-refractivity contribution >= 4 is 29.0 Å². The fourth-order valence-corrected chi connectivity index (χ4v) is 2.72. The topological polar surface area (TPSA) is 125 Å². The standard InChI is InChI=1S/C18H18N4O5/c1-9-4-6-10(7-5-9)12(11-8-27-17(25)14(11)23)20-13-15(19)21(2)18(26)22(3)16(13)24/h4-7,20H,8,19H2,1-3H3/b12-11-. The summed E-state index contributed by atoms with van der Waals surface area (Å²) in [5, 5.41) is 2.86. The van der Waals surface area contributed by atoms with Crippen LogP contribution in [0.4, 0.5) is 11.5 Å². The highest BCUT2D eigenvalue weighted by molar-refractivity contribution is 6.44. The van der Waals surface area contributed by atoms with E-state index in [9.17, 15) is 19.2 Å². The van der Waals surface area contributed by atoms with Gasteiger partial charge in [0.1, 0.15) is 18.1 Å². The van der Waals surface area contributed by atoms with Crippen LogP contribution in [0, 0.1) is 6.92 Å². The van der Waals surface area contributed by atoms with Crippen LogP contribution in [-0.4, -0.2) is 27.5 Å². The number of carbonyl (C=O) groups excluding carboxylic acids is 2. The second-order valence-electron chi connectivity index (χ2n) is 6.22. The molecule has 3 N–H and O–H groups in total. The number of Topliss-reactive ketones (excluding diaryl/α,β-unsaturated/α-hetero) is 1. The van der Waals surface area contributed by atoms with Crippen molar-refractivity contribution < 1.29 is 14.3 Å². The number of ketones is 1. The van der Waals surface area contributed by atoms with E-state index in [4.69, 9.17) is 10.5 Å². The van der Waals surface area contributed by atoms with E-state index in [2.05, 4.69) is 5.32 Å². The second-order valence-corrected chi connectivity index (χ2v) is 6.22. The molecule has 1 aromatic carbocycles. The molecule has 9 heteroatoms. The van der Waals surface area contributed by atoms with Gasteiger partial charge >= 0.3 is 11.7 Å². The Morgan fingerprint density at radius 1 is 1.07 bits per heavy atom. The number of aromatic nitrogens is 2. The number of benzene rings is 1.